The monoisotopic (exact) mass is 229 g/mol. The Kier molecular flexibility index (Phi) is 5.06. The topological polar surface area (TPSA) is 26.0 Å². The molecule has 1 aromatic rings. The van der Waals surface area contributed by atoms with Gasteiger partial charge in [0, 0.05) is 10.6 Å². The lowest BCUT2D eigenvalue weighted by atomic mass is 9.95. The van der Waals surface area contributed by atoms with E-state index in [4.69, 9.17) is 17.3 Å². The summed E-state index contributed by atoms with van der Waals surface area (Å²) in [5.74, 6) is 0.0986. The van der Waals surface area contributed by atoms with E-state index in [-0.39, 0.29) is 5.82 Å². The molecule has 3 heteroatoms. The molecule has 0 saturated carbocycles. The zero-order valence-electron chi connectivity index (χ0n) is 8.97. The van der Waals surface area contributed by atoms with Crippen molar-refractivity contribution in [3.05, 3.63) is 34.6 Å². The number of hydrogen-bond donors (Lipinski definition) is 1. The lowest BCUT2D eigenvalue weighted by molar-refractivity contribution is 0.475. The summed E-state index contributed by atoms with van der Waals surface area (Å²) in [6.07, 6.45) is 2.71. The molecule has 0 radical (unpaired) electrons. The molecule has 0 fully saturated rings. The van der Waals surface area contributed by atoms with E-state index in [1.54, 1.807) is 12.1 Å². The molecule has 0 amide bonds. The van der Waals surface area contributed by atoms with Gasteiger partial charge in [0.05, 0.1) is 0 Å². The Bertz CT molecular complexity index is 294. The number of rotatable bonds is 5. The van der Waals surface area contributed by atoms with Crippen LogP contribution in [-0.4, -0.2) is 6.54 Å². The van der Waals surface area contributed by atoms with Gasteiger partial charge in [-0.1, -0.05) is 31.0 Å². The van der Waals surface area contributed by atoms with Crippen molar-refractivity contribution in [1.29, 1.82) is 0 Å². The molecule has 84 valence electrons. The van der Waals surface area contributed by atoms with E-state index in [1.165, 1.54) is 6.07 Å². The maximum absolute atomic E-state index is 13.5. The van der Waals surface area contributed by atoms with Crippen molar-refractivity contribution in [3.63, 3.8) is 0 Å². The Labute approximate surface area is 95.4 Å². The molecule has 1 rings (SSSR count). The second-order valence-electron chi connectivity index (χ2n) is 3.79. The predicted octanol–water partition coefficient (Wildman–Crippen LogP) is 3.40. The molecule has 0 spiro atoms. The predicted molar refractivity (Wildman–Crippen MR) is 62.6 cm³/mol. The zero-order chi connectivity index (χ0) is 11.3. The van der Waals surface area contributed by atoms with E-state index in [0.29, 0.717) is 29.5 Å². The summed E-state index contributed by atoms with van der Waals surface area (Å²) >= 11 is 5.95. The van der Waals surface area contributed by atoms with Crippen LogP contribution < -0.4 is 5.73 Å². The highest BCUT2D eigenvalue weighted by atomic mass is 35.5. The molecule has 1 unspecified atom stereocenters. The fraction of sp³-hybridized carbons (Fsp3) is 0.500. The van der Waals surface area contributed by atoms with E-state index >= 15 is 0 Å². The average Bonchev–Trinajstić information content (AvgIpc) is 2.22. The molecule has 0 heterocycles. The molecule has 0 aliphatic carbocycles. The largest absolute Gasteiger partial charge is 0.330 e. The molecular weight excluding hydrogens is 213 g/mol. The van der Waals surface area contributed by atoms with Crippen molar-refractivity contribution in [3.8, 4) is 0 Å². The highest BCUT2D eigenvalue weighted by Gasteiger charge is 2.12. The second-order valence-corrected chi connectivity index (χ2v) is 4.20. The molecule has 0 aromatic heterocycles. The van der Waals surface area contributed by atoms with Crippen molar-refractivity contribution in [1.82, 2.24) is 0 Å². The molecule has 1 aromatic carbocycles. The second kappa shape index (κ2) is 6.09. The Morgan fingerprint density at radius 1 is 1.47 bits per heavy atom. The summed E-state index contributed by atoms with van der Waals surface area (Å²) in [4.78, 5) is 0. The van der Waals surface area contributed by atoms with E-state index < -0.39 is 0 Å². The van der Waals surface area contributed by atoms with Crippen molar-refractivity contribution in [2.24, 2.45) is 11.7 Å². The van der Waals surface area contributed by atoms with Crippen LogP contribution in [0.5, 0.6) is 0 Å². The van der Waals surface area contributed by atoms with Crippen LogP contribution in [0.3, 0.4) is 0 Å². The molecule has 2 N–H and O–H groups in total. The van der Waals surface area contributed by atoms with Gasteiger partial charge in [-0.25, -0.2) is 4.39 Å². The van der Waals surface area contributed by atoms with Gasteiger partial charge in [-0.05, 0) is 37.4 Å². The van der Waals surface area contributed by atoms with Gasteiger partial charge in [0.2, 0.25) is 0 Å². The van der Waals surface area contributed by atoms with Gasteiger partial charge in [-0.15, -0.1) is 0 Å². The summed E-state index contributed by atoms with van der Waals surface area (Å²) in [6, 6.07) is 4.79. The molecular formula is C12H17ClFN. The maximum Gasteiger partial charge on any atom is 0.127 e. The number of benzene rings is 1. The first-order valence-electron chi connectivity index (χ1n) is 5.32. The number of hydrogen-bond acceptors (Lipinski definition) is 1. The fourth-order valence-electron chi connectivity index (χ4n) is 1.73. The fourth-order valence-corrected chi connectivity index (χ4v) is 1.97. The standard InChI is InChI=1S/C12H17ClFN/c1-2-4-9(8-15)7-10-11(13)5-3-6-12(10)14/h3,5-6,9H,2,4,7-8,15H2,1H3. The Balaban J connectivity index is 2.78. The van der Waals surface area contributed by atoms with Crippen LogP contribution in [0.15, 0.2) is 18.2 Å². The lowest BCUT2D eigenvalue weighted by Gasteiger charge is -2.14. The molecule has 1 atom stereocenters. The van der Waals surface area contributed by atoms with Crippen LogP contribution in [0.2, 0.25) is 5.02 Å². The van der Waals surface area contributed by atoms with Crippen molar-refractivity contribution >= 4 is 11.6 Å². The minimum Gasteiger partial charge on any atom is -0.330 e. The van der Waals surface area contributed by atoms with E-state index in [1.807, 2.05) is 0 Å². The summed E-state index contributed by atoms with van der Waals surface area (Å²) in [5.41, 5.74) is 6.24. The first-order valence-corrected chi connectivity index (χ1v) is 5.69. The van der Waals surface area contributed by atoms with Gasteiger partial charge in [0.25, 0.3) is 0 Å². The summed E-state index contributed by atoms with van der Waals surface area (Å²) < 4.78 is 13.5. The average molecular weight is 230 g/mol. The first-order chi connectivity index (χ1) is 7.19. The molecule has 0 aliphatic heterocycles. The van der Waals surface area contributed by atoms with Crippen molar-refractivity contribution in [2.75, 3.05) is 6.54 Å². The minimum atomic E-state index is -0.225. The van der Waals surface area contributed by atoms with Gasteiger partial charge in [-0.2, -0.15) is 0 Å². The van der Waals surface area contributed by atoms with Crippen LogP contribution in [0.4, 0.5) is 4.39 Å². The molecule has 15 heavy (non-hydrogen) atoms. The number of nitrogens with two attached hydrogens (primary N) is 1. The highest BCUT2D eigenvalue weighted by molar-refractivity contribution is 6.31. The quantitative estimate of drug-likeness (QED) is 0.823. The third-order valence-electron chi connectivity index (χ3n) is 2.58. The highest BCUT2D eigenvalue weighted by Crippen LogP contribution is 2.23. The number of halogens is 2. The van der Waals surface area contributed by atoms with Crippen LogP contribution in [-0.2, 0) is 6.42 Å². The van der Waals surface area contributed by atoms with Crippen molar-refractivity contribution < 1.29 is 4.39 Å². The van der Waals surface area contributed by atoms with Crippen LogP contribution in [0, 0.1) is 11.7 Å². The summed E-state index contributed by atoms with van der Waals surface area (Å²) in [7, 11) is 0. The molecule has 0 aliphatic rings. The Morgan fingerprint density at radius 2 is 2.20 bits per heavy atom. The third-order valence-corrected chi connectivity index (χ3v) is 2.94. The van der Waals surface area contributed by atoms with E-state index in [9.17, 15) is 4.39 Å². The van der Waals surface area contributed by atoms with Gasteiger partial charge in [-0.3, -0.25) is 0 Å². The van der Waals surface area contributed by atoms with Gasteiger partial charge in [0.1, 0.15) is 5.82 Å². The summed E-state index contributed by atoms with van der Waals surface area (Å²) in [6.45, 7) is 2.68. The smallest absolute Gasteiger partial charge is 0.127 e. The Hall–Kier alpha value is -0.600. The molecule has 0 saturated heterocycles. The van der Waals surface area contributed by atoms with Gasteiger partial charge in [0.15, 0.2) is 0 Å². The SMILES string of the molecule is CCCC(CN)Cc1c(F)cccc1Cl. The van der Waals surface area contributed by atoms with E-state index in [2.05, 4.69) is 6.92 Å². The van der Waals surface area contributed by atoms with Crippen LogP contribution >= 0.6 is 11.6 Å². The summed E-state index contributed by atoms with van der Waals surface area (Å²) in [5, 5.41) is 0.504. The van der Waals surface area contributed by atoms with Crippen molar-refractivity contribution in [2.45, 2.75) is 26.2 Å². The maximum atomic E-state index is 13.5. The first kappa shape index (κ1) is 12.5. The van der Waals surface area contributed by atoms with E-state index in [0.717, 1.165) is 12.8 Å². The third kappa shape index (κ3) is 3.47. The van der Waals surface area contributed by atoms with Gasteiger partial charge >= 0.3 is 0 Å². The van der Waals surface area contributed by atoms with Crippen LogP contribution in [0.25, 0.3) is 0 Å². The minimum absolute atomic E-state index is 0.225. The lowest BCUT2D eigenvalue weighted by Crippen LogP contribution is -2.17. The molecule has 0 bridgehead atoms. The normalized spacial score (nSPS) is 12.8. The van der Waals surface area contributed by atoms with Crippen LogP contribution in [0.1, 0.15) is 25.3 Å². The van der Waals surface area contributed by atoms with Gasteiger partial charge < -0.3 is 5.73 Å². The zero-order valence-corrected chi connectivity index (χ0v) is 9.73. The molecule has 1 nitrogen and oxygen atoms in total. The Morgan fingerprint density at radius 3 is 2.73 bits per heavy atom.